The van der Waals surface area contributed by atoms with Crippen molar-refractivity contribution in [1.82, 2.24) is 0 Å². The van der Waals surface area contributed by atoms with Crippen LogP contribution in [0.3, 0.4) is 0 Å². The van der Waals surface area contributed by atoms with E-state index in [1.807, 2.05) is 0 Å². The maximum absolute atomic E-state index is 6.28. The highest BCUT2D eigenvalue weighted by molar-refractivity contribution is 9.09. The van der Waals surface area contributed by atoms with E-state index < -0.39 is 0 Å². The molecule has 0 spiro atoms. The van der Waals surface area contributed by atoms with E-state index in [-0.39, 0.29) is 11.7 Å². The normalized spacial score (nSPS) is 22.3. The van der Waals surface area contributed by atoms with Gasteiger partial charge in [-0.3, -0.25) is 0 Å². The van der Waals surface area contributed by atoms with Crippen LogP contribution in [-0.4, -0.2) is 44.0 Å². The molecule has 3 nitrogen and oxygen atoms in total. The van der Waals surface area contributed by atoms with Gasteiger partial charge in [0.15, 0.2) is 0 Å². The molecule has 96 valence electrons. The molecule has 4 heteroatoms. The SMILES string of the molecule is COCC(OC1(CBr)CCOCC1)C(C)C. The lowest BCUT2D eigenvalue weighted by molar-refractivity contribution is -0.154. The van der Waals surface area contributed by atoms with Crippen molar-refractivity contribution < 1.29 is 14.2 Å². The Morgan fingerprint density at radius 2 is 1.94 bits per heavy atom. The molecule has 0 saturated carbocycles. The third-order valence-electron chi connectivity index (χ3n) is 3.12. The molecule has 0 aromatic carbocycles. The lowest BCUT2D eigenvalue weighted by Gasteiger charge is -2.39. The third-order valence-corrected chi connectivity index (χ3v) is 4.15. The van der Waals surface area contributed by atoms with E-state index in [0.29, 0.717) is 12.5 Å². The van der Waals surface area contributed by atoms with Gasteiger partial charge in [-0.1, -0.05) is 29.8 Å². The van der Waals surface area contributed by atoms with Gasteiger partial charge in [0.25, 0.3) is 0 Å². The molecule has 0 radical (unpaired) electrons. The molecular formula is C12H23BrO3. The van der Waals surface area contributed by atoms with E-state index in [1.54, 1.807) is 7.11 Å². The summed E-state index contributed by atoms with van der Waals surface area (Å²) in [7, 11) is 1.73. The molecule has 1 aliphatic rings. The number of rotatable bonds is 6. The van der Waals surface area contributed by atoms with Crippen molar-refractivity contribution in [1.29, 1.82) is 0 Å². The highest BCUT2D eigenvalue weighted by Crippen LogP contribution is 2.30. The molecule has 1 atom stereocenters. The third kappa shape index (κ3) is 3.99. The highest BCUT2D eigenvalue weighted by Gasteiger charge is 2.35. The van der Waals surface area contributed by atoms with E-state index in [0.717, 1.165) is 31.4 Å². The van der Waals surface area contributed by atoms with Gasteiger partial charge in [0.2, 0.25) is 0 Å². The van der Waals surface area contributed by atoms with E-state index >= 15 is 0 Å². The summed E-state index contributed by atoms with van der Waals surface area (Å²) in [6.45, 7) is 6.59. The van der Waals surface area contributed by atoms with Crippen LogP contribution in [0.4, 0.5) is 0 Å². The van der Waals surface area contributed by atoms with Crippen LogP contribution in [0.5, 0.6) is 0 Å². The predicted molar refractivity (Wildman–Crippen MR) is 68.2 cm³/mol. The van der Waals surface area contributed by atoms with Crippen molar-refractivity contribution in [2.45, 2.75) is 38.4 Å². The van der Waals surface area contributed by atoms with E-state index in [2.05, 4.69) is 29.8 Å². The summed E-state index contributed by atoms with van der Waals surface area (Å²) in [5.74, 6) is 0.471. The van der Waals surface area contributed by atoms with Gasteiger partial charge in [-0.05, 0) is 5.92 Å². The smallest absolute Gasteiger partial charge is 0.0839 e. The maximum Gasteiger partial charge on any atom is 0.0839 e. The minimum atomic E-state index is -0.0638. The molecule has 1 saturated heterocycles. The molecule has 0 bridgehead atoms. The molecular weight excluding hydrogens is 272 g/mol. The van der Waals surface area contributed by atoms with Gasteiger partial charge in [-0.2, -0.15) is 0 Å². The van der Waals surface area contributed by atoms with E-state index in [4.69, 9.17) is 14.2 Å². The van der Waals surface area contributed by atoms with Crippen LogP contribution in [0.15, 0.2) is 0 Å². The van der Waals surface area contributed by atoms with E-state index in [1.165, 1.54) is 0 Å². The van der Waals surface area contributed by atoms with Gasteiger partial charge in [0.1, 0.15) is 0 Å². The number of alkyl halides is 1. The monoisotopic (exact) mass is 294 g/mol. The molecule has 0 aliphatic carbocycles. The van der Waals surface area contributed by atoms with Crippen LogP contribution < -0.4 is 0 Å². The minimum absolute atomic E-state index is 0.0638. The molecule has 0 aromatic rings. The van der Waals surface area contributed by atoms with Crippen molar-refractivity contribution >= 4 is 15.9 Å². The highest BCUT2D eigenvalue weighted by atomic mass is 79.9. The van der Waals surface area contributed by atoms with Crippen LogP contribution in [0, 0.1) is 5.92 Å². The van der Waals surface area contributed by atoms with Gasteiger partial charge in [0.05, 0.1) is 18.3 Å². The molecule has 1 rings (SSSR count). The maximum atomic E-state index is 6.28. The molecule has 0 amide bonds. The van der Waals surface area contributed by atoms with Crippen LogP contribution in [0.25, 0.3) is 0 Å². The molecule has 16 heavy (non-hydrogen) atoms. The summed E-state index contributed by atoms with van der Waals surface area (Å²) in [6, 6.07) is 0. The fourth-order valence-corrected chi connectivity index (χ4v) is 2.57. The molecule has 1 fully saturated rings. The summed E-state index contributed by atoms with van der Waals surface area (Å²) in [4.78, 5) is 0. The number of methoxy groups -OCH3 is 1. The minimum Gasteiger partial charge on any atom is -0.382 e. The van der Waals surface area contributed by atoms with Crippen LogP contribution in [0.1, 0.15) is 26.7 Å². The van der Waals surface area contributed by atoms with Gasteiger partial charge in [-0.15, -0.1) is 0 Å². The summed E-state index contributed by atoms with van der Waals surface area (Å²) in [6.07, 6.45) is 2.09. The number of ether oxygens (including phenoxy) is 3. The predicted octanol–water partition coefficient (Wildman–Crippen LogP) is 2.62. The number of hydrogen-bond donors (Lipinski definition) is 0. The number of halogens is 1. The van der Waals surface area contributed by atoms with Gasteiger partial charge < -0.3 is 14.2 Å². The largest absolute Gasteiger partial charge is 0.382 e. The Morgan fingerprint density at radius 3 is 2.38 bits per heavy atom. The Balaban J connectivity index is 2.57. The first-order chi connectivity index (χ1) is 7.63. The molecule has 1 heterocycles. The van der Waals surface area contributed by atoms with Gasteiger partial charge >= 0.3 is 0 Å². The second-order valence-corrected chi connectivity index (χ2v) is 5.35. The zero-order valence-electron chi connectivity index (χ0n) is 10.5. The van der Waals surface area contributed by atoms with Crippen LogP contribution >= 0.6 is 15.9 Å². The first kappa shape index (κ1) is 14.4. The average Bonchev–Trinajstić information content (AvgIpc) is 2.29. The van der Waals surface area contributed by atoms with Crippen LogP contribution in [-0.2, 0) is 14.2 Å². The van der Waals surface area contributed by atoms with Crippen molar-refractivity contribution in [2.75, 3.05) is 32.3 Å². The Morgan fingerprint density at radius 1 is 1.31 bits per heavy atom. The molecule has 0 N–H and O–H groups in total. The topological polar surface area (TPSA) is 27.7 Å². The number of hydrogen-bond acceptors (Lipinski definition) is 3. The first-order valence-corrected chi connectivity index (χ1v) is 7.06. The summed E-state index contributed by atoms with van der Waals surface area (Å²) < 4.78 is 16.9. The quantitative estimate of drug-likeness (QED) is 0.705. The Bertz CT molecular complexity index is 191. The summed E-state index contributed by atoms with van der Waals surface area (Å²) >= 11 is 3.58. The summed E-state index contributed by atoms with van der Waals surface area (Å²) in [5, 5.41) is 0.871. The van der Waals surface area contributed by atoms with E-state index in [9.17, 15) is 0 Å². The van der Waals surface area contributed by atoms with Crippen molar-refractivity contribution in [3.05, 3.63) is 0 Å². The van der Waals surface area contributed by atoms with Crippen molar-refractivity contribution in [2.24, 2.45) is 5.92 Å². The van der Waals surface area contributed by atoms with Gasteiger partial charge in [0, 0.05) is 38.5 Å². The Labute approximate surface area is 107 Å². The first-order valence-electron chi connectivity index (χ1n) is 5.94. The Hall–Kier alpha value is 0.360. The van der Waals surface area contributed by atoms with Crippen molar-refractivity contribution in [3.63, 3.8) is 0 Å². The molecule has 1 unspecified atom stereocenters. The lowest BCUT2D eigenvalue weighted by atomic mass is 9.95. The lowest BCUT2D eigenvalue weighted by Crippen LogP contribution is -2.46. The zero-order chi connectivity index (χ0) is 12.0. The second-order valence-electron chi connectivity index (χ2n) is 4.78. The fraction of sp³-hybridized carbons (Fsp3) is 1.00. The second kappa shape index (κ2) is 6.94. The average molecular weight is 295 g/mol. The van der Waals surface area contributed by atoms with Crippen LogP contribution in [0.2, 0.25) is 0 Å². The van der Waals surface area contributed by atoms with Gasteiger partial charge in [-0.25, -0.2) is 0 Å². The molecule has 0 aromatic heterocycles. The van der Waals surface area contributed by atoms with Crippen molar-refractivity contribution in [3.8, 4) is 0 Å². The fourth-order valence-electron chi connectivity index (χ4n) is 1.87. The Kier molecular flexibility index (Phi) is 6.26. The zero-order valence-corrected chi connectivity index (χ0v) is 12.1. The standard InChI is InChI=1S/C12H23BrO3/c1-10(2)11(8-14-3)16-12(9-13)4-6-15-7-5-12/h10-11H,4-9H2,1-3H3. The summed E-state index contributed by atoms with van der Waals surface area (Å²) in [5.41, 5.74) is -0.0638. The molecule has 1 aliphatic heterocycles.